The van der Waals surface area contributed by atoms with Gasteiger partial charge in [0.2, 0.25) is 5.75 Å². The van der Waals surface area contributed by atoms with Crippen LogP contribution in [-0.2, 0) is 19.5 Å². The number of nitrogens with one attached hydrogen (secondary N) is 2. The van der Waals surface area contributed by atoms with Crippen LogP contribution in [0.25, 0.3) is 10.9 Å². The number of aromatic amines is 1. The van der Waals surface area contributed by atoms with Crippen molar-refractivity contribution in [3.63, 3.8) is 0 Å². The molecule has 1 aromatic heterocycles. The molecule has 0 amide bonds. The zero-order chi connectivity index (χ0) is 27.1. The lowest BCUT2D eigenvalue weighted by atomic mass is 10.1. The van der Waals surface area contributed by atoms with E-state index in [1.807, 2.05) is 36.4 Å². The van der Waals surface area contributed by atoms with Crippen LogP contribution in [0.5, 0.6) is 23.0 Å². The summed E-state index contributed by atoms with van der Waals surface area (Å²) in [5, 5.41) is 5.28. The fraction of sp³-hybridized carbons (Fsp3) is 0.300. The van der Waals surface area contributed by atoms with Gasteiger partial charge in [0, 0.05) is 36.2 Å². The number of fused-ring (bicyclic) bond motifs is 1. The highest BCUT2D eigenvalue weighted by Gasteiger charge is 2.18. The molecule has 0 radical (unpaired) electrons. The van der Waals surface area contributed by atoms with Crippen molar-refractivity contribution in [3.05, 3.63) is 83.0 Å². The van der Waals surface area contributed by atoms with Gasteiger partial charge in [0.05, 0.1) is 28.4 Å². The smallest absolute Gasteiger partial charge is 0.203 e. The molecule has 200 valence electrons. The maximum Gasteiger partial charge on any atom is 0.203 e. The SMILES string of the molecule is COc1ccc2[nH]c(C)c(CCN(Cc3cc(OC)c(OC)c(OC)c3)C(=S)NCc3ccccc3)c2c1. The number of nitrogens with zero attached hydrogens (tertiary/aromatic N) is 1. The lowest BCUT2D eigenvalue weighted by Crippen LogP contribution is -2.40. The van der Waals surface area contributed by atoms with E-state index in [1.54, 1.807) is 28.4 Å². The zero-order valence-electron chi connectivity index (χ0n) is 22.6. The third-order valence-electron chi connectivity index (χ3n) is 6.63. The third kappa shape index (κ3) is 6.14. The number of H-pyrrole nitrogens is 1. The fourth-order valence-electron chi connectivity index (χ4n) is 4.64. The van der Waals surface area contributed by atoms with E-state index < -0.39 is 0 Å². The molecule has 1 heterocycles. The van der Waals surface area contributed by atoms with Crippen molar-refractivity contribution in [2.45, 2.75) is 26.4 Å². The Kier molecular flexibility index (Phi) is 8.97. The second-order valence-electron chi connectivity index (χ2n) is 8.99. The number of rotatable bonds is 11. The highest BCUT2D eigenvalue weighted by atomic mass is 32.1. The summed E-state index contributed by atoms with van der Waals surface area (Å²) >= 11 is 5.91. The summed E-state index contributed by atoms with van der Waals surface area (Å²) in [6.07, 6.45) is 0.802. The number of aryl methyl sites for hydroxylation is 1. The van der Waals surface area contributed by atoms with Crippen LogP contribution in [0.4, 0.5) is 0 Å². The summed E-state index contributed by atoms with van der Waals surface area (Å²) in [6, 6.07) is 20.3. The first kappa shape index (κ1) is 27.1. The van der Waals surface area contributed by atoms with Gasteiger partial charge in [-0.15, -0.1) is 0 Å². The van der Waals surface area contributed by atoms with Gasteiger partial charge in [-0.05, 0) is 72.6 Å². The summed E-state index contributed by atoms with van der Waals surface area (Å²) in [7, 11) is 6.54. The fourth-order valence-corrected chi connectivity index (χ4v) is 4.87. The second kappa shape index (κ2) is 12.6. The number of methoxy groups -OCH3 is 4. The van der Waals surface area contributed by atoms with Crippen LogP contribution < -0.4 is 24.3 Å². The molecule has 4 aromatic rings. The minimum atomic E-state index is 0.568. The minimum Gasteiger partial charge on any atom is -0.497 e. The summed E-state index contributed by atoms with van der Waals surface area (Å²) in [5.41, 5.74) is 5.66. The van der Waals surface area contributed by atoms with E-state index >= 15 is 0 Å². The summed E-state index contributed by atoms with van der Waals surface area (Å²) in [5.74, 6) is 2.64. The molecule has 0 aliphatic carbocycles. The van der Waals surface area contributed by atoms with Gasteiger partial charge >= 0.3 is 0 Å². The van der Waals surface area contributed by atoms with E-state index in [1.165, 1.54) is 11.1 Å². The number of thiocarbonyl (C=S) groups is 1. The lowest BCUT2D eigenvalue weighted by Gasteiger charge is -2.27. The van der Waals surface area contributed by atoms with Crippen molar-refractivity contribution in [1.29, 1.82) is 0 Å². The molecule has 0 fully saturated rings. The molecule has 8 heteroatoms. The van der Waals surface area contributed by atoms with Crippen LogP contribution in [0, 0.1) is 6.92 Å². The molecule has 0 saturated heterocycles. The maximum absolute atomic E-state index is 5.91. The van der Waals surface area contributed by atoms with Gasteiger partial charge in [-0.25, -0.2) is 0 Å². The molecule has 7 nitrogen and oxygen atoms in total. The highest BCUT2D eigenvalue weighted by molar-refractivity contribution is 7.80. The number of aromatic nitrogens is 1. The van der Waals surface area contributed by atoms with Crippen LogP contribution in [-0.4, -0.2) is 50.0 Å². The number of benzene rings is 3. The van der Waals surface area contributed by atoms with Crippen LogP contribution in [0.1, 0.15) is 22.4 Å². The molecule has 2 N–H and O–H groups in total. The van der Waals surface area contributed by atoms with Crippen molar-refractivity contribution in [2.75, 3.05) is 35.0 Å². The van der Waals surface area contributed by atoms with E-state index in [0.717, 1.165) is 34.3 Å². The second-order valence-corrected chi connectivity index (χ2v) is 9.38. The molecule has 0 atom stereocenters. The number of ether oxygens (including phenoxy) is 4. The molecular weight excluding hydrogens is 498 g/mol. The molecule has 0 aliphatic rings. The van der Waals surface area contributed by atoms with E-state index in [2.05, 4.69) is 46.4 Å². The average Bonchev–Trinajstić information content (AvgIpc) is 3.27. The maximum atomic E-state index is 5.91. The van der Waals surface area contributed by atoms with Gasteiger partial charge in [-0.1, -0.05) is 30.3 Å². The van der Waals surface area contributed by atoms with E-state index in [0.29, 0.717) is 42.0 Å². The van der Waals surface area contributed by atoms with Gasteiger partial charge < -0.3 is 34.1 Å². The van der Waals surface area contributed by atoms with Crippen molar-refractivity contribution >= 4 is 28.2 Å². The number of hydrogen-bond acceptors (Lipinski definition) is 5. The molecule has 4 rings (SSSR count). The third-order valence-corrected chi connectivity index (χ3v) is 7.03. The first-order valence-corrected chi connectivity index (χ1v) is 12.9. The molecule has 0 saturated carbocycles. The Morgan fingerprint density at radius 3 is 2.21 bits per heavy atom. The summed E-state index contributed by atoms with van der Waals surface area (Å²) in [4.78, 5) is 5.68. The zero-order valence-corrected chi connectivity index (χ0v) is 23.4. The largest absolute Gasteiger partial charge is 0.497 e. The molecule has 0 unspecified atom stereocenters. The monoisotopic (exact) mass is 533 g/mol. The van der Waals surface area contributed by atoms with E-state index in [4.69, 9.17) is 31.2 Å². The minimum absolute atomic E-state index is 0.568. The standard InChI is InChI=1S/C30H35N3O4S/c1-20-24(25-17-23(34-2)11-12-26(25)32-20)13-14-33(30(38)31-18-21-9-7-6-8-10-21)19-22-15-27(35-3)29(37-5)28(16-22)36-4/h6-12,15-17,32H,13-14,18-19H2,1-5H3,(H,31,38). The van der Waals surface area contributed by atoms with Crippen molar-refractivity contribution in [2.24, 2.45) is 0 Å². The van der Waals surface area contributed by atoms with Crippen molar-refractivity contribution in [1.82, 2.24) is 15.2 Å². The van der Waals surface area contributed by atoms with Crippen LogP contribution in [0.15, 0.2) is 60.7 Å². The molecule has 38 heavy (non-hydrogen) atoms. The molecule has 0 spiro atoms. The van der Waals surface area contributed by atoms with Gasteiger partial charge in [-0.2, -0.15) is 0 Å². The Balaban J connectivity index is 1.60. The first-order chi connectivity index (χ1) is 18.5. The van der Waals surface area contributed by atoms with Gasteiger partial charge in [-0.3, -0.25) is 0 Å². The Bertz CT molecular complexity index is 1360. The van der Waals surface area contributed by atoms with Gasteiger partial charge in [0.25, 0.3) is 0 Å². The normalized spacial score (nSPS) is 10.8. The molecule has 0 aliphatic heterocycles. The Hall–Kier alpha value is -3.91. The quantitative estimate of drug-likeness (QED) is 0.242. The van der Waals surface area contributed by atoms with Crippen LogP contribution >= 0.6 is 12.2 Å². The predicted octanol–water partition coefficient (Wildman–Crippen LogP) is 5.63. The Labute approximate surface area is 229 Å². The summed E-state index contributed by atoms with van der Waals surface area (Å²) < 4.78 is 22.2. The van der Waals surface area contributed by atoms with Gasteiger partial charge in [0.1, 0.15) is 5.75 Å². The van der Waals surface area contributed by atoms with Crippen molar-refractivity contribution in [3.8, 4) is 23.0 Å². The topological polar surface area (TPSA) is 68.0 Å². The average molecular weight is 534 g/mol. The Morgan fingerprint density at radius 2 is 1.58 bits per heavy atom. The highest BCUT2D eigenvalue weighted by Crippen LogP contribution is 2.38. The van der Waals surface area contributed by atoms with Gasteiger partial charge in [0.15, 0.2) is 16.6 Å². The Morgan fingerprint density at radius 1 is 0.868 bits per heavy atom. The molecule has 0 bridgehead atoms. The molecular formula is C30H35N3O4S. The van der Waals surface area contributed by atoms with Crippen LogP contribution in [0.3, 0.4) is 0 Å². The van der Waals surface area contributed by atoms with E-state index in [9.17, 15) is 0 Å². The van der Waals surface area contributed by atoms with E-state index in [-0.39, 0.29) is 0 Å². The summed E-state index contributed by atoms with van der Waals surface area (Å²) in [6.45, 7) is 4.04. The number of hydrogen-bond donors (Lipinski definition) is 2. The molecule has 3 aromatic carbocycles. The van der Waals surface area contributed by atoms with Crippen molar-refractivity contribution < 1.29 is 18.9 Å². The predicted molar refractivity (Wildman–Crippen MR) is 156 cm³/mol. The van der Waals surface area contributed by atoms with Crippen LogP contribution in [0.2, 0.25) is 0 Å². The first-order valence-electron chi connectivity index (χ1n) is 12.5. The lowest BCUT2D eigenvalue weighted by molar-refractivity contribution is 0.322.